The number of carbonyl (C=O) groups is 1. The second-order valence-corrected chi connectivity index (χ2v) is 7.94. The summed E-state index contributed by atoms with van der Waals surface area (Å²) in [5, 5.41) is 17.7. The van der Waals surface area contributed by atoms with Crippen LogP contribution >= 0.6 is 0 Å². The molecule has 1 aromatic heterocycles. The van der Waals surface area contributed by atoms with Gasteiger partial charge in [0.1, 0.15) is 11.4 Å². The van der Waals surface area contributed by atoms with Gasteiger partial charge in [0.15, 0.2) is 0 Å². The topological polar surface area (TPSA) is 99.3 Å². The minimum atomic E-state index is -0.615. The number of nitrogens with zero attached hydrogens (tertiary/aromatic N) is 3. The van der Waals surface area contributed by atoms with Gasteiger partial charge in [-0.3, -0.25) is 14.8 Å². The van der Waals surface area contributed by atoms with Crippen molar-refractivity contribution in [2.24, 2.45) is 0 Å². The van der Waals surface area contributed by atoms with E-state index in [0.717, 1.165) is 22.5 Å². The van der Waals surface area contributed by atoms with E-state index in [9.17, 15) is 19.3 Å². The van der Waals surface area contributed by atoms with E-state index in [2.05, 4.69) is 10.4 Å². The van der Waals surface area contributed by atoms with Gasteiger partial charge < -0.3 is 10.1 Å². The van der Waals surface area contributed by atoms with Crippen LogP contribution in [0.4, 0.5) is 14.9 Å². The minimum absolute atomic E-state index is 0.00962. The average molecular weight is 418 g/mol. The van der Waals surface area contributed by atoms with Crippen LogP contribution in [0, 0.1) is 24.0 Å². The second kappa shape index (κ2) is 9.51. The van der Waals surface area contributed by atoms with E-state index in [1.54, 1.807) is 37.6 Å². The fourth-order valence-corrected chi connectivity index (χ4v) is 2.85. The van der Waals surface area contributed by atoms with Crippen LogP contribution in [0.15, 0.2) is 36.2 Å². The highest BCUT2D eigenvalue weighted by Gasteiger charge is 2.16. The Bertz CT molecular complexity index is 943. The molecule has 2 aromatic rings. The number of amides is 1. The van der Waals surface area contributed by atoms with Crippen molar-refractivity contribution in [1.82, 2.24) is 15.1 Å². The molecule has 0 radical (unpaired) electrons. The fourth-order valence-electron chi connectivity index (χ4n) is 2.85. The van der Waals surface area contributed by atoms with Crippen molar-refractivity contribution < 1.29 is 18.8 Å². The van der Waals surface area contributed by atoms with Crippen LogP contribution in [-0.2, 0) is 17.7 Å². The largest absolute Gasteiger partial charge is 0.444 e. The van der Waals surface area contributed by atoms with Crippen molar-refractivity contribution >= 4 is 11.8 Å². The van der Waals surface area contributed by atoms with E-state index in [4.69, 9.17) is 4.74 Å². The van der Waals surface area contributed by atoms with E-state index >= 15 is 0 Å². The number of rotatable bonds is 7. The van der Waals surface area contributed by atoms with Crippen molar-refractivity contribution in [2.45, 2.75) is 53.2 Å². The SMILES string of the molecule is Cc1nn(C/C(F)=C/CNC(=O)OC(C)(C)C)c(C)c1Cc1ccc([N+](=O)[O-])cc1. The van der Waals surface area contributed by atoms with Crippen molar-refractivity contribution in [3.8, 4) is 0 Å². The van der Waals surface area contributed by atoms with Gasteiger partial charge in [-0.1, -0.05) is 12.1 Å². The summed E-state index contributed by atoms with van der Waals surface area (Å²) in [4.78, 5) is 21.9. The molecule has 1 amide bonds. The maximum absolute atomic E-state index is 14.3. The first-order valence-corrected chi connectivity index (χ1v) is 9.54. The van der Waals surface area contributed by atoms with Crippen LogP contribution in [-0.4, -0.2) is 32.9 Å². The Morgan fingerprint density at radius 2 is 1.93 bits per heavy atom. The summed E-state index contributed by atoms with van der Waals surface area (Å²) in [6, 6.07) is 6.34. The van der Waals surface area contributed by atoms with Crippen molar-refractivity contribution in [3.63, 3.8) is 0 Å². The van der Waals surface area contributed by atoms with Crippen LogP contribution in [0.1, 0.15) is 43.3 Å². The number of hydrogen-bond acceptors (Lipinski definition) is 5. The molecule has 0 fully saturated rings. The second-order valence-electron chi connectivity index (χ2n) is 7.94. The molecule has 8 nitrogen and oxygen atoms in total. The molecular weight excluding hydrogens is 391 g/mol. The molecule has 1 N–H and O–H groups in total. The highest BCUT2D eigenvalue weighted by atomic mass is 19.1. The maximum atomic E-state index is 14.3. The van der Waals surface area contributed by atoms with Gasteiger partial charge in [-0.15, -0.1) is 0 Å². The lowest BCUT2D eigenvalue weighted by Crippen LogP contribution is -2.32. The molecular formula is C21H27FN4O4. The number of nitro groups is 1. The third-order valence-corrected chi connectivity index (χ3v) is 4.33. The van der Waals surface area contributed by atoms with Gasteiger partial charge in [-0.05, 0) is 46.3 Å². The molecule has 0 atom stereocenters. The van der Waals surface area contributed by atoms with E-state index in [0.29, 0.717) is 6.42 Å². The summed E-state index contributed by atoms with van der Waals surface area (Å²) in [6.45, 7) is 8.90. The molecule has 1 heterocycles. The predicted octanol–water partition coefficient (Wildman–Crippen LogP) is 4.38. The molecule has 0 aliphatic carbocycles. The first kappa shape index (κ1) is 23.1. The van der Waals surface area contributed by atoms with Gasteiger partial charge in [0.2, 0.25) is 0 Å². The van der Waals surface area contributed by atoms with Gasteiger partial charge in [-0.2, -0.15) is 5.10 Å². The highest BCUT2D eigenvalue weighted by Crippen LogP contribution is 2.20. The number of halogens is 1. The summed E-state index contributed by atoms with van der Waals surface area (Å²) >= 11 is 0. The van der Waals surface area contributed by atoms with Crippen LogP contribution in [0.3, 0.4) is 0 Å². The zero-order chi connectivity index (χ0) is 22.5. The van der Waals surface area contributed by atoms with Crippen LogP contribution < -0.4 is 5.32 Å². The number of aryl methyl sites for hydroxylation is 1. The van der Waals surface area contributed by atoms with E-state index < -0.39 is 22.4 Å². The summed E-state index contributed by atoms with van der Waals surface area (Å²) in [7, 11) is 0. The van der Waals surface area contributed by atoms with E-state index in [1.165, 1.54) is 18.2 Å². The number of allylic oxidation sites excluding steroid dienone is 1. The number of nitrogens with one attached hydrogen (secondary N) is 1. The quantitative estimate of drug-likeness (QED) is 0.531. The third kappa shape index (κ3) is 6.68. The number of alkyl carbamates (subject to hydrolysis) is 1. The first-order valence-electron chi connectivity index (χ1n) is 9.54. The van der Waals surface area contributed by atoms with Gasteiger partial charge in [0.05, 0.1) is 17.2 Å². The van der Waals surface area contributed by atoms with Crippen molar-refractivity contribution in [3.05, 3.63) is 68.8 Å². The number of nitro benzene ring substituents is 1. The van der Waals surface area contributed by atoms with Crippen LogP contribution in [0.25, 0.3) is 0 Å². The predicted molar refractivity (Wildman–Crippen MR) is 111 cm³/mol. The summed E-state index contributed by atoms with van der Waals surface area (Å²) < 4.78 is 21.0. The van der Waals surface area contributed by atoms with Crippen molar-refractivity contribution in [2.75, 3.05) is 6.54 Å². The maximum Gasteiger partial charge on any atom is 0.407 e. The molecule has 162 valence electrons. The Hall–Kier alpha value is -3.23. The third-order valence-electron chi connectivity index (χ3n) is 4.33. The molecule has 0 aliphatic rings. The summed E-state index contributed by atoms with van der Waals surface area (Å²) in [5.74, 6) is -0.432. The van der Waals surface area contributed by atoms with Crippen LogP contribution in [0.2, 0.25) is 0 Å². The van der Waals surface area contributed by atoms with Crippen molar-refractivity contribution in [1.29, 1.82) is 0 Å². The molecule has 9 heteroatoms. The Morgan fingerprint density at radius 1 is 1.30 bits per heavy atom. The molecule has 30 heavy (non-hydrogen) atoms. The molecule has 0 aliphatic heterocycles. The van der Waals surface area contributed by atoms with E-state index in [1.807, 2.05) is 13.8 Å². The summed E-state index contributed by atoms with van der Waals surface area (Å²) in [5.41, 5.74) is 2.86. The zero-order valence-electron chi connectivity index (χ0n) is 17.9. The van der Waals surface area contributed by atoms with Gasteiger partial charge in [0.25, 0.3) is 5.69 Å². The zero-order valence-corrected chi connectivity index (χ0v) is 17.9. The lowest BCUT2D eigenvalue weighted by atomic mass is 10.0. The Kier molecular flexibility index (Phi) is 7.31. The molecule has 0 unspecified atom stereocenters. The number of hydrogen-bond donors (Lipinski definition) is 1. The average Bonchev–Trinajstić information content (AvgIpc) is 2.88. The number of benzene rings is 1. The smallest absolute Gasteiger partial charge is 0.407 e. The number of carbonyl (C=O) groups excluding carboxylic acids is 1. The Labute approximate surface area is 174 Å². The normalized spacial score (nSPS) is 12.0. The van der Waals surface area contributed by atoms with Gasteiger partial charge >= 0.3 is 6.09 Å². The number of ether oxygens (including phenoxy) is 1. The van der Waals surface area contributed by atoms with E-state index in [-0.39, 0.29) is 18.8 Å². The van der Waals surface area contributed by atoms with Crippen LogP contribution in [0.5, 0.6) is 0 Å². The molecule has 2 rings (SSSR count). The first-order chi connectivity index (χ1) is 14.0. The molecule has 0 spiro atoms. The molecule has 0 saturated heterocycles. The molecule has 0 bridgehead atoms. The molecule has 1 aromatic carbocycles. The Balaban J connectivity index is 2.00. The Morgan fingerprint density at radius 3 is 2.50 bits per heavy atom. The van der Waals surface area contributed by atoms with Gasteiger partial charge in [0, 0.05) is 36.4 Å². The number of aromatic nitrogens is 2. The minimum Gasteiger partial charge on any atom is -0.444 e. The summed E-state index contributed by atoms with van der Waals surface area (Å²) in [6.07, 6.45) is 1.21. The lowest BCUT2D eigenvalue weighted by molar-refractivity contribution is -0.384. The molecule has 0 saturated carbocycles. The monoisotopic (exact) mass is 418 g/mol. The lowest BCUT2D eigenvalue weighted by Gasteiger charge is -2.19. The standard InChI is InChI=1S/C21H27FN4O4/c1-14-19(12-16-6-8-18(9-7-16)26(28)29)15(2)25(24-14)13-17(22)10-11-23-20(27)30-21(3,4)5/h6-10H,11-13H2,1-5H3,(H,23,27)/b17-10-. The fraction of sp³-hybridized carbons (Fsp3) is 0.429. The number of non-ortho nitro benzene ring substituents is 1. The highest BCUT2D eigenvalue weighted by molar-refractivity contribution is 5.67. The van der Waals surface area contributed by atoms with Gasteiger partial charge in [-0.25, -0.2) is 9.18 Å².